The second-order valence-corrected chi connectivity index (χ2v) is 4.14. The van der Waals surface area contributed by atoms with E-state index in [-0.39, 0.29) is 17.5 Å². The molecular weight excluding hydrogens is 273 g/mol. The van der Waals surface area contributed by atoms with Crippen LogP contribution in [0.15, 0.2) is 18.2 Å². The Morgan fingerprint density at radius 3 is 2.89 bits per heavy atom. The van der Waals surface area contributed by atoms with Crippen LogP contribution in [-0.2, 0) is 11.8 Å². The second kappa shape index (κ2) is 5.36. The average molecular weight is 284 g/mol. The van der Waals surface area contributed by atoms with E-state index in [9.17, 15) is 9.18 Å². The first kappa shape index (κ1) is 13.5. The zero-order chi connectivity index (χ0) is 14.0. The molecule has 0 spiro atoms. The number of carbonyl (C=O) groups is 1. The Labute approximate surface area is 114 Å². The lowest BCUT2D eigenvalue weighted by Gasteiger charge is -2.01. The summed E-state index contributed by atoms with van der Waals surface area (Å²) in [5, 5.41) is 3.94. The lowest BCUT2D eigenvalue weighted by molar-refractivity contribution is 0.0512. The van der Waals surface area contributed by atoms with E-state index in [2.05, 4.69) is 10.1 Å². The highest BCUT2D eigenvalue weighted by molar-refractivity contribution is 6.31. The molecule has 2 rings (SSSR count). The van der Waals surface area contributed by atoms with Crippen molar-refractivity contribution in [2.24, 2.45) is 7.05 Å². The normalized spacial score (nSPS) is 10.5. The van der Waals surface area contributed by atoms with Crippen LogP contribution in [-0.4, -0.2) is 27.3 Å². The van der Waals surface area contributed by atoms with Crippen molar-refractivity contribution in [3.8, 4) is 11.4 Å². The molecule has 7 heteroatoms. The first-order valence-corrected chi connectivity index (χ1v) is 5.94. The van der Waals surface area contributed by atoms with Crippen LogP contribution < -0.4 is 0 Å². The molecule has 0 fully saturated rings. The molecule has 100 valence electrons. The van der Waals surface area contributed by atoms with Crippen molar-refractivity contribution < 1.29 is 13.9 Å². The highest BCUT2D eigenvalue weighted by Gasteiger charge is 2.17. The van der Waals surface area contributed by atoms with Crippen molar-refractivity contribution in [3.63, 3.8) is 0 Å². The van der Waals surface area contributed by atoms with Gasteiger partial charge < -0.3 is 4.74 Å². The lowest BCUT2D eigenvalue weighted by Crippen LogP contribution is -2.07. The molecule has 0 unspecified atom stereocenters. The standard InChI is InChI=1S/C12H11ClFN3O2/c1-3-19-12(18)10-15-11(17(2)16-10)7-4-5-9(14)8(13)6-7/h4-6H,3H2,1-2H3. The summed E-state index contributed by atoms with van der Waals surface area (Å²) in [5.74, 6) is -0.750. The van der Waals surface area contributed by atoms with Gasteiger partial charge in [-0.3, -0.25) is 0 Å². The van der Waals surface area contributed by atoms with Gasteiger partial charge in [-0.05, 0) is 25.1 Å². The van der Waals surface area contributed by atoms with E-state index in [1.54, 1.807) is 14.0 Å². The molecule has 0 saturated carbocycles. The maximum Gasteiger partial charge on any atom is 0.378 e. The van der Waals surface area contributed by atoms with E-state index < -0.39 is 11.8 Å². The Bertz CT molecular complexity index is 627. The predicted molar refractivity (Wildman–Crippen MR) is 67.4 cm³/mol. The van der Waals surface area contributed by atoms with Crippen LogP contribution in [0.2, 0.25) is 5.02 Å². The Kier molecular flexibility index (Phi) is 3.80. The Balaban J connectivity index is 2.40. The molecule has 0 amide bonds. The second-order valence-electron chi connectivity index (χ2n) is 3.73. The van der Waals surface area contributed by atoms with E-state index >= 15 is 0 Å². The number of hydrogen-bond donors (Lipinski definition) is 0. The zero-order valence-corrected chi connectivity index (χ0v) is 11.1. The monoisotopic (exact) mass is 283 g/mol. The van der Waals surface area contributed by atoms with Gasteiger partial charge in [0.1, 0.15) is 5.82 Å². The highest BCUT2D eigenvalue weighted by Crippen LogP contribution is 2.23. The van der Waals surface area contributed by atoms with Gasteiger partial charge in [0.05, 0.1) is 11.6 Å². The summed E-state index contributed by atoms with van der Waals surface area (Å²) < 4.78 is 19.3. The summed E-state index contributed by atoms with van der Waals surface area (Å²) in [5.41, 5.74) is 0.567. The fraction of sp³-hybridized carbons (Fsp3) is 0.250. The zero-order valence-electron chi connectivity index (χ0n) is 10.4. The number of aromatic nitrogens is 3. The summed E-state index contributed by atoms with van der Waals surface area (Å²) in [6.07, 6.45) is 0. The smallest absolute Gasteiger partial charge is 0.378 e. The van der Waals surface area contributed by atoms with Crippen molar-refractivity contribution >= 4 is 17.6 Å². The molecule has 5 nitrogen and oxygen atoms in total. The van der Waals surface area contributed by atoms with Gasteiger partial charge in [-0.25, -0.2) is 18.9 Å². The highest BCUT2D eigenvalue weighted by atomic mass is 35.5. The number of nitrogens with zero attached hydrogens (tertiary/aromatic N) is 3. The SMILES string of the molecule is CCOC(=O)c1nc(-c2ccc(F)c(Cl)c2)n(C)n1. The van der Waals surface area contributed by atoms with E-state index in [4.69, 9.17) is 16.3 Å². The average Bonchev–Trinajstić information content (AvgIpc) is 2.75. The Hall–Kier alpha value is -1.95. The topological polar surface area (TPSA) is 57.0 Å². The van der Waals surface area contributed by atoms with Gasteiger partial charge in [0, 0.05) is 12.6 Å². The van der Waals surface area contributed by atoms with Crippen LogP contribution in [0.5, 0.6) is 0 Å². The van der Waals surface area contributed by atoms with E-state index in [0.29, 0.717) is 11.4 Å². The quantitative estimate of drug-likeness (QED) is 0.812. The number of rotatable bonds is 3. The van der Waals surface area contributed by atoms with Gasteiger partial charge in [-0.1, -0.05) is 11.6 Å². The molecular formula is C12H11ClFN3O2. The van der Waals surface area contributed by atoms with Crippen molar-refractivity contribution in [1.29, 1.82) is 0 Å². The molecule has 0 atom stereocenters. The number of esters is 1. The molecule has 1 heterocycles. The molecule has 0 radical (unpaired) electrons. The molecule has 0 bridgehead atoms. The maximum atomic E-state index is 13.1. The number of ether oxygens (including phenoxy) is 1. The third-order valence-electron chi connectivity index (χ3n) is 2.40. The van der Waals surface area contributed by atoms with Crippen LogP contribution >= 0.6 is 11.6 Å². The fourth-order valence-electron chi connectivity index (χ4n) is 1.55. The first-order chi connectivity index (χ1) is 9.02. The van der Waals surface area contributed by atoms with Crippen molar-refractivity contribution in [2.45, 2.75) is 6.92 Å². The van der Waals surface area contributed by atoms with Crippen molar-refractivity contribution in [1.82, 2.24) is 14.8 Å². The van der Waals surface area contributed by atoms with Crippen LogP contribution in [0, 0.1) is 5.82 Å². The summed E-state index contributed by atoms with van der Waals surface area (Å²) in [6.45, 7) is 1.94. The van der Waals surface area contributed by atoms with Crippen molar-refractivity contribution in [3.05, 3.63) is 34.9 Å². The molecule has 0 saturated heterocycles. The van der Waals surface area contributed by atoms with Crippen LogP contribution in [0.3, 0.4) is 0 Å². The Morgan fingerprint density at radius 2 is 2.26 bits per heavy atom. The molecule has 0 aliphatic rings. The molecule has 19 heavy (non-hydrogen) atoms. The maximum absolute atomic E-state index is 13.1. The van der Waals surface area contributed by atoms with Gasteiger partial charge >= 0.3 is 5.97 Å². The third kappa shape index (κ3) is 2.73. The van der Waals surface area contributed by atoms with E-state index in [0.717, 1.165) is 0 Å². The minimum absolute atomic E-state index is 0.0156. The Morgan fingerprint density at radius 1 is 1.53 bits per heavy atom. The third-order valence-corrected chi connectivity index (χ3v) is 2.69. The van der Waals surface area contributed by atoms with Gasteiger partial charge in [0.15, 0.2) is 5.82 Å². The van der Waals surface area contributed by atoms with Gasteiger partial charge in [-0.2, -0.15) is 0 Å². The largest absolute Gasteiger partial charge is 0.460 e. The summed E-state index contributed by atoms with van der Waals surface area (Å²) >= 11 is 5.71. The summed E-state index contributed by atoms with van der Waals surface area (Å²) in [6, 6.07) is 4.17. The number of halogens is 2. The van der Waals surface area contributed by atoms with E-state index in [1.165, 1.54) is 22.9 Å². The predicted octanol–water partition coefficient (Wildman–Crippen LogP) is 2.45. The summed E-state index contributed by atoms with van der Waals surface area (Å²) in [7, 11) is 1.63. The van der Waals surface area contributed by atoms with Crippen LogP contribution in [0.1, 0.15) is 17.5 Å². The molecule has 1 aromatic carbocycles. The van der Waals surface area contributed by atoms with Crippen LogP contribution in [0.4, 0.5) is 4.39 Å². The lowest BCUT2D eigenvalue weighted by atomic mass is 10.2. The minimum Gasteiger partial charge on any atom is -0.460 e. The number of hydrogen-bond acceptors (Lipinski definition) is 4. The minimum atomic E-state index is -0.599. The number of aryl methyl sites for hydroxylation is 1. The van der Waals surface area contributed by atoms with Crippen LogP contribution in [0.25, 0.3) is 11.4 Å². The molecule has 0 aliphatic carbocycles. The summed E-state index contributed by atoms with van der Waals surface area (Å²) in [4.78, 5) is 15.6. The number of carbonyl (C=O) groups excluding carboxylic acids is 1. The molecule has 0 aliphatic heterocycles. The molecule has 2 aromatic rings. The van der Waals surface area contributed by atoms with E-state index in [1.807, 2.05) is 0 Å². The number of benzene rings is 1. The van der Waals surface area contributed by atoms with Gasteiger partial charge in [0.25, 0.3) is 5.82 Å². The molecule has 0 N–H and O–H groups in total. The van der Waals surface area contributed by atoms with Gasteiger partial charge in [-0.15, -0.1) is 5.10 Å². The first-order valence-electron chi connectivity index (χ1n) is 5.56. The fourth-order valence-corrected chi connectivity index (χ4v) is 1.73. The van der Waals surface area contributed by atoms with Gasteiger partial charge in [0.2, 0.25) is 0 Å². The van der Waals surface area contributed by atoms with Crippen molar-refractivity contribution in [2.75, 3.05) is 6.61 Å². The molecule has 1 aromatic heterocycles.